The molecule has 0 amide bonds. The Hall–Kier alpha value is -1.55. The van der Waals surface area contributed by atoms with E-state index in [0.717, 1.165) is 12.5 Å². The van der Waals surface area contributed by atoms with Crippen LogP contribution in [-0.2, 0) is 0 Å². The SMILES string of the molecule is NC(CC(NCCC1CCCC1)c1ccccc1)=NO. The second kappa shape index (κ2) is 7.90. The second-order valence-corrected chi connectivity index (χ2v) is 5.65. The van der Waals surface area contributed by atoms with Gasteiger partial charge in [0.1, 0.15) is 5.84 Å². The number of hydrogen-bond acceptors (Lipinski definition) is 3. The van der Waals surface area contributed by atoms with Gasteiger partial charge in [-0.2, -0.15) is 0 Å². The third-order valence-electron chi connectivity index (χ3n) is 4.16. The lowest BCUT2D eigenvalue weighted by molar-refractivity contribution is 0.315. The van der Waals surface area contributed by atoms with E-state index in [1.807, 2.05) is 18.2 Å². The van der Waals surface area contributed by atoms with Gasteiger partial charge in [0.05, 0.1) is 0 Å². The first-order valence-corrected chi connectivity index (χ1v) is 7.54. The van der Waals surface area contributed by atoms with E-state index >= 15 is 0 Å². The van der Waals surface area contributed by atoms with Crippen LogP contribution in [0.3, 0.4) is 0 Å². The Labute approximate surface area is 121 Å². The van der Waals surface area contributed by atoms with Gasteiger partial charge in [0.2, 0.25) is 0 Å². The Morgan fingerprint density at radius 2 is 2.00 bits per heavy atom. The molecule has 1 aromatic rings. The minimum atomic E-state index is 0.119. The van der Waals surface area contributed by atoms with Crippen LogP contribution in [0.2, 0.25) is 0 Å². The van der Waals surface area contributed by atoms with Crippen molar-refractivity contribution in [2.45, 2.75) is 44.6 Å². The van der Waals surface area contributed by atoms with Crippen LogP contribution in [0, 0.1) is 5.92 Å². The van der Waals surface area contributed by atoms with Crippen molar-refractivity contribution in [3.05, 3.63) is 35.9 Å². The number of rotatable bonds is 7. The van der Waals surface area contributed by atoms with E-state index in [0.29, 0.717) is 6.42 Å². The van der Waals surface area contributed by atoms with E-state index in [2.05, 4.69) is 22.6 Å². The molecule has 1 unspecified atom stereocenters. The molecule has 0 radical (unpaired) electrons. The third kappa shape index (κ3) is 4.53. The summed E-state index contributed by atoms with van der Waals surface area (Å²) in [4.78, 5) is 0. The van der Waals surface area contributed by atoms with Crippen molar-refractivity contribution < 1.29 is 5.21 Å². The lowest BCUT2D eigenvalue weighted by atomic mass is 10.0. The van der Waals surface area contributed by atoms with Gasteiger partial charge in [-0.15, -0.1) is 0 Å². The smallest absolute Gasteiger partial charge is 0.141 e. The third-order valence-corrected chi connectivity index (χ3v) is 4.16. The molecule has 20 heavy (non-hydrogen) atoms. The van der Waals surface area contributed by atoms with Gasteiger partial charge in [-0.05, 0) is 24.4 Å². The van der Waals surface area contributed by atoms with Crippen molar-refractivity contribution in [2.75, 3.05) is 6.54 Å². The van der Waals surface area contributed by atoms with E-state index in [4.69, 9.17) is 10.9 Å². The van der Waals surface area contributed by atoms with Crippen LogP contribution in [-0.4, -0.2) is 17.6 Å². The normalized spacial score (nSPS) is 18.3. The molecular weight excluding hydrogens is 250 g/mol. The number of nitrogens with one attached hydrogen (secondary N) is 1. The monoisotopic (exact) mass is 275 g/mol. The Morgan fingerprint density at radius 1 is 1.30 bits per heavy atom. The highest BCUT2D eigenvalue weighted by Gasteiger charge is 2.17. The summed E-state index contributed by atoms with van der Waals surface area (Å²) >= 11 is 0. The highest BCUT2D eigenvalue weighted by atomic mass is 16.4. The lowest BCUT2D eigenvalue weighted by Gasteiger charge is -2.20. The summed E-state index contributed by atoms with van der Waals surface area (Å²) in [5.41, 5.74) is 6.85. The highest BCUT2D eigenvalue weighted by Crippen LogP contribution is 2.27. The summed E-state index contributed by atoms with van der Waals surface area (Å²) in [5.74, 6) is 1.15. The quantitative estimate of drug-likeness (QED) is 0.310. The van der Waals surface area contributed by atoms with Crippen molar-refractivity contribution in [1.29, 1.82) is 0 Å². The van der Waals surface area contributed by atoms with E-state index in [1.165, 1.54) is 37.7 Å². The largest absolute Gasteiger partial charge is 0.409 e. The minimum Gasteiger partial charge on any atom is -0.409 e. The highest BCUT2D eigenvalue weighted by molar-refractivity contribution is 5.80. The molecule has 0 aromatic heterocycles. The molecule has 1 aliphatic carbocycles. The molecule has 2 rings (SSSR count). The average Bonchev–Trinajstić information content (AvgIpc) is 3.00. The zero-order valence-electron chi connectivity index (χ0n) is 12.0. The standard InChI is InChI=1S/C16H25N3O/c17-16(19-20)12-15(14-8-2-1-3-9-14)18-11-10-13-6-4-5-7-13/h1-3,8-9,13,15,18,20H,4-7,10-12H2,(H2,17,19). The molecule has 1 atom stereocenters. The predicted molar refractivity (Wildman–Crippen MR) is 81.8 cm³/mol. The van der Waals surface area contributed by atoms with Crippen molar-refractivity contribution >= 4 is 5.84 Å². The molecule has 0 heterocycles. The molecular formula is C16H25N3O. The first-order valence-electron chi connectivity index (χ1n) is 7.54. The van der Waals surface area contributed by atoms with E-state index in [-0.39, 0.29) is 11.9 Å². The first-order chi connectivity index (χ1) is 9.79. The number of nitrogens with two attached hydrogens (primary N) is 1. The molecule has 1 saturated carbocycles. The summed E-state index contributed by atoms with van der Waals surface area (Å²) in [6.07, 6.45) is 7.27. The Bertz CT molecular complexity index is 413. The maximum atomic E-state index is 8.76. The topological polar surface area (TPSA) is 70.6 Å². The number of amidine groups is 1. The van der Waals surface area contributed by atoms with Gasteiger partial charge in [-0.3, -0.25) is 0 Å². The second-order valence-electron chi connectivity index (χ2n) is 5.65. The maximum Gasteiger partial charge on any atom is 0.141 e. The van der Waals surface area contributed by atoms with Gasteiger partial charge in [-0.1, -0.05) is 61.2 Å². The van der Waals surface area contributed by atoms with E-state index < -0.39 is 0 Å². The number of benzene rings is 1. The van der Waals surface area contributed by atoms with Crippen LogP contribution in [0.1, 0.15) is 50.1 Å². The Balaban J connectivity index is 1.88. The van der Waals surface area contributed by atoms with Crippen molar-refractivity contribution in [3.8, 4) is 0 Å². The zero-order chi connectivity index (χ0) is 14.2. The molecule has 1 aromatic carbocycles. The molecule has 4 heteroatoms. The van der Waals surface area contributed by atoms with Gasteiger partial charge in [0.15, 0.2) is 0 Å². The molecule has 0 saturated heterocycles. The van der Waals surface area contributed by atoms with Crippen LogP contribution in [0.4, 0.5) is 0 Å². The van der Waals surface area contributed by atoms with Crippen molar-refractivity contribution in [3.63, 3.8) is 0 Å². The molecule has 1 aliphatic rings. The fourth-order valence-electron chi connectivity index (χ4n) is 3.00. The summed E-state index contributed by atoms with van der Waals surface area (Å²) in [6, 6.07) is 10.3. The maximum absolute atomic E-state index is 8.76. The van der Waals surface area contributed by atoms with Gasteiger partial charge < -0.3 is 16.3 Å². The van der Waals surface area contributed by atoms with Crippen LogP contribution < -0.4 is 11.1 Å². The molecule has 1 fully saturated rings. The predicted octanol–water partition coefficient (Wildman–Crippen LogP) is 3.03. The number of oxime groups is 1. The fourth-order valence-corrected chi connectivity index (χ4v) is 3.00. The summed E-state index contributed by atoms with van der Waals surface area (Å²) in [6.45, 7) is 0.989. The van der Waals surface area contributed by atoms with Gasteiger partial charge in [0, 0.05) is 12.5 Å². The van der Waals surface area contributed by atoms with Crippen LogP contribution >= 0.6 is 0 Å². The van der Waals surface area contributed by atoms with Crippen LogP contribution in [0.15, 0.2) is 35.5 Å². The van der Waals surface area contributed by atoms with Gasteiger partial charge in [-0.25, -0.2) is 0 Å². The molecule has 4 nitrogen and oxygen atoms in total. The van der Waals surface area contributed by atoms with Gasteiger partial charge in [0.25, 0.3) is 0 Å². The number of nitrogens with zero attached hydrogens (tertiary/aromatic N) is 1. The van der Waals surface area contributed by atoms with E-state index in [9.17, 15) is 0 Å². The summed E-state index contributed by atoms with van der Waals surface area (Å²) in [7, 11) is 0. The molecule has 0 bridgehead atoms. The van der Waals surface area contributed by atoms with Crippen molar-refractivity contribution in [1.82, 2.24) is 5.32 Å². The molecule has 110 valence electrons. The lowest BCUT2D eigenvalue weighted by Crippen LogP contribution is -2.28. The Morgan fingerprint density at radius 3 is 2.65 bits per heavy atom. The molecule has 4 N–H and O–H groups in total. The molecule has 0 aliphatic heterocycles. The minimum absolute atomic E-state index is 0.119. The Kier molecular flexibility index (Phi) is 5.87. The summed E-state index contributed by atoms with van der Waals surface area (Å²) < 4.78 is 0. The summed E-state index contributed by atoms with van der Waals surface area (Å²) in [5, 5.41) is 15.4. The van der Waals surface area contributed by atoms with Gasteiger partial charge >= 0.3 is 0 Å². The fraction of sp³-hybridized carbons (Fsp3) is 0.562. The van der Waals surface area contributed by atoms with E-state index in [1.54, 1.807) is 0 Å². The zero-order valence-corrected chi connectivity index (χ0v) is 12.0. The molecule has 0 spiro atoms. The van der Waals surface area contributed by atoms with Crippen LogP contribution in [0.5, 0.6) is 0 Å². The average molecular weight is 275 g/mol. The van der Waals surface area contributed by atoms with Crippen molar-refractivity contribution in [2.24, 2.45) is 16.8 Å². The number of hydrogen-bond donors (Lipinski definition) is 3. The van der Waals surface area contributed by atoms with Crippen LogP contribution in [0.25, 0.3) is 0 Å². The first kappa shape index (κ1) is 14.9.